The monoisotopic (exact) mass is 442 g/mol. The number of carbonyl (C=O) groups is 2. The Bertz CT molecular complexity index is 826. The molecule has 3 aliphatic rings. The predicted octanol–water partition coefficient (Wildman–Crippen LogP) is 6.34. The number of rotatable bonds is 5. The van der Waals surface area contributed by atoms with Crippen molar-refractivity contribution >= 4 is 34.3 Å². The third-order valence-corrected chi connectivity index (χ3v) is 8.91. The zero-order valence-electron chi connectivity index (χ0n) is 19.2. The van der Waals surface area contributed by atoms with E-state index in [0.29, 0.717) is 5.92 Å². The van der Waals surface area contributed by atoms with Gasteiger partial charge in [0, 0.05) is 29.8 Å². The first-order valence-corrected chi connectivity index (χ1v) is 13.2. The number of amides is 1. The normalized spacial score (nSPS) is 29.3. The van der Waals surface area contributed by atoms with Crippen LogP contribution in [0, 0.1) is 11.8 Å². The minimum absolute atomic E-state index is 0.0743. The highest BCUT2D eigenvalue weighted by Gasteiger charge is 2.36. The Morgan fingerprint density at radius 2 is 1.74 bits per heavy atom. The molecule has 0 spiro atoms. The van der Waals surface area contributed by atoms with Crippen molar-refractivity contribution in [1.82, 2.24) is 0 Å². The highest BCUT2D eigenvalue weighted by molar-refractivity contribution is 7.15. The van der Waals surface area contributed by atoms with Gasteiger partial charge in [-0.2, -0.15) is 0 Å². The fourth-order valence-corrected chi connectivity index (χ4v) is 6.70. The van der Waals surface area contributed by atoms with Crippen molar-refractivity contribution in [2.24, 2.45) is 17.6 Å². The van der Waals surface area contributed by atoms with Crippen molar-refractivity contribution in [3.8, 4) is 0 Å². The van der Waals surface area contributed by atoms with Crippen LogP contribution in [0.4, 0.5) is 5.69 Å². The predicted molar refractivity (Wildman–Crippen MR) is 130 cm³/mol. The van der Waals surface area contributed by atoms with Crippen LogP contribution in [0.3, 0.4) is 0 Å². The van der Waals surface area contributed by atoms with E-state index in [1.54, 1.807) is 18.3 Å². The molecule has 0 unspecified atom stereocenters. The van der Waals surface area contributed by atoms with Crippen LogP contribution < -0.4 is 10.6 Å². The van der Waals surface area contributed by atoms with Crippen LogP contribution in [0.2, 0.25) is 0 Å². The molecule has 0 aliphatic heterocycles. The lowest BCUT2D eigenvalue weighted by Crippen LogP contribution is -2.47. The SMILES string of the molecule is CC(=O)c1sc(C2=CCCCC2)cc1N(C(=O)C1CCC(C)CC1)C1CCC(N)CC1. The summed E-state index contributed by atoms with van der Waals surface area (Å²) in [6, 6.07) is 2.56. The van der Waals surface area contributed by atoms with Crippen LogP contribution in [0.15, 0.2) is 12.1 Å². The first-order chi connectivity index (χ1) is 14.9. The molecule has 4 nitrogen and oxygen atoms in total. The number of allylic oxidation sites excluding steroid dienone is 2. The zero-order chi connectivity index (χ0) is 22.0. The minimum atomic E-state index is 0.0743. The average molecular weight is 443 g/mol. The third kappa shape index (κ3) is 5.14. The maximum absolute atomic E-state index is 13.9. The molecule has 0 atom stereocenters. The highest BCUT2D eigenvalue weighted by atomic mass is 32.1. The van der Waals surface area contributed by atoms with Gasteiger partial charge in [0.25, 0.3) is 0 Å². The molecular formula is C26H38N2O2S. The Morgan fingerprint density at radius 1 is 1.03 bits per heavy atom. The van der Waals surface area contributed by atoms with E-state index in [-0.39, 0.29) is 29.7 Å². The molecule has 4 rings (SSSR count). The van der Waals surface area contributed by atoms with Crippen LogP contribution >= 0.6 is 11.3 Å². The Morgan fingerprint density at radius 3 is 2.35 bits per heavy atom. The number of hydrogen-bond donors (Lipinski definition) is 1. The number of nitrogens with zero attached hydrogens (tertiary/aromatic N) is 1. The van der Waals surface area contributed by atoms with Crippen molar-refractivity contribution in [1.29, 1.82) is 0 Å². The second-order valence-corrected chi connectivity index (χ2v) is 11.1. The fraction of sp³-hybridized carbons (Fsp3) is 0.692. The molecule has 1 aromatic heterocycles. The molecule has 31 heavy (non-hydrogen) atoms. The van der Waals surface area contributed by atoms with E-state index < -0.39 is 0 Å². The van der Waals surface area contributed by atoms with Gasteiger partial charge >= 0.3 is 0 Å². The number of carbonyl (C=O) groups excluding carboxylic acids is 2. The lowest BCUT2D eigenvalue weighted by Gasteiger charge is -2.39. The van der Waals surface area contributed by atoms with Crippen LogP contribution in [-0.2, 0) is 4.79 Å². The second-order valence-electron chi connectivity index (χ2n) is 10.1. The molecule has 1 heterocycles. The molecule has 0 bridgehead atoms. The molecule has 0 saturated heterocycles. The van der Waals surface area contributed by atoms with Crippen LogP contribution in [0.5, 0.6) is 0 Å². The molecule has 3 aliphatic carbocycles. The zero-order valence-corrected chi connectivity index (χ0v) is 20.0. The number of nitrogens with two attached hydrogens (primary N) is 1. The van der Waals surface area contributed by atoms with Gasteiger partial charge < -0.3 is 10.6 Å². The first kappa shape index (κ1) is 22.7. The summed E-state index contributed by atoms with van der Waals surface area (Å²) in [4.78, 5) is 30.6. The third-order valence-electron chi connectivity index (χ3n) is 7.61. The number of ketones is 1. The maximum Gasteiger partial charge on any atom is 0.230 e. The van der Waals surface area contributed by atoms with Crippen molar-refractivity contribution in [3.63, 3.8) is 0 Å². The lowest BCUT2D eigenvalue weighted by atomic mass is 9.81. The van der Waals surface area contributed by atoms with Gasteiger partial charge in [0.2, 0.25) is 5.91 Å². The lowest BCUT2D eigenvalue weighted by molar-refractivity contribution is -0.124. The molecular weight excluding hydrogens is 404 g/mol. The molecule has 1 aromatic rings. The van der Waals surface area contributed by atoms with E-state index in [1.165, 1.54) is 23.3 Å². The Balaban J connectivity index is 1.70. The summed E-state index contributed by atoms with van der Waals surface area (Å²) in [5.41, 5.74) is 8.42. The van der Waals surface area contributed by atoms with Gasteiger partial charge in [0.15, 0.2) is 5.78 Å². The van der Waals surface area contributed by atoms with Gasteiger partial charge in [-0.1, -0.05) is 13.0 Å². The summed E-state index contributed by atoms with van der Waals surface area (Å²) in [7, 11) is 0. The van der Waals surface area contributed by atoms with E-state index in [9.17, 15) is 9.59 Å². The first-order valence-electron chi connectivity index (χ1n) is 12.4. The van der Waals surface area contributed by atoms with E-state index in [4.69, 9.17) is 5.73 Å². The van der Waals surface area contributed by atoms with Crippen molar-refractivity contribution in [3.05, 3.63) is 21.9 Å². The largest absolute Gasteiger partial charge is 0.328 e. The van der Waals surface area contributed by atoms with Gasteiger partial charge in [-0.15, -0.1) is 11.3 Å². The maximum atomic E-state index is 13.9. The van der Waals surface area contributed by atoms with Crippen LogP contribution in [0.25, 0.3) is 5.57 Å². The van der Waals surface area contributed by atoms with E-state index >= 15 is 0 Å². The van der Waals surface area contributed by atoms with E-state index in [2.05, 4.69) is 24.0 Å². The van der Waals surface area contributed by atoms with Gasteiger partial charge in [-0.05, 0) is 94.6 Å². The molecule has 0 aromatic carbocycles. The Labute approximate surface area is 191 Å². The number of thiophene rings is 1. The summed E-state index contributed by atoms with van der Waals surface area (Å²) in [5, 5.41) is 0. The number of Topliss-reactive ketones (excluding diaryl/α,β-unsaturated/α-hetero) is 1. The quantitative estimate of drug-likeness (QED) is 0.541. The van der Waals surface area contributed by atoms with Crippen molar-refractivity contribution < 1.29 is 9.59 Å². The van der Waals surface area contributed by atoms with Crippen LogP contribution in [-0.4, -0.2) is 23.8 Å². The topological polar surface area (TPSA) is 63.4 Å². The second kappa shape index (κ2) is 9.99. The Kier molecular flexibility index (Phi) is 7.33. The molecule has 5 heteroatoms. The van der Waals surface area contributed by atoms with Crippen molar-refractivity contribution in [2.45, 2.75) is 103 Å². The van der Waals surface area contributed by atoms with Crippen LogP contribution in [0.1, 0.15) is 105 Å². The number of anilines is 1. The van der Waals surface area contributed by atoms with Crippen molar-refractivity contribution in [2.75, 3.05) is 4.90 Å². The average Bonchev–Trinajstić information content (AvgIpc) is 3.22. The minimum Gasteiger partial charge on any atom is -0.328 e. The molecule has 2 N–H and O–H groups in total. The molecule has 0 radical (unpaired) electrons. The van der Waals surface area contributed by atoms with Gasteiger partial charge in [0.05, 0.1) is 10.6 Å². The summed E-state index contributed by atoms with van der Waals surface area (Å²) < 4.78 is 0. The van der Waals surface area contributed by atoms with Gasteiger partial charge in [-0.25, -0.2) is 0 Å². The van der Waals surface area contributed by atoms with Gasteiger partial charge in [0.1, 0.15) is 0 Å². The van der Waals surface area contributed by atoms with E-state index in [1.807, 2.05) is 0 Å². The Hall–Kier alpha value is -1.46. The summed E-state index contributed by atoms with van der Waals surface area (Å²) in [5.74, 6) is 1.12. The van der Waals surface area contributed by atoms with Gasteiger partial charge in [-0.3, -0.25) is 9.59 Å². The molecule has 2 saturated carbocycles. The molecule has 1 amide bonds. The highest BCUT2D eigenvalue weighted by Crippen LogP contribution is 2.42. The van der Waals surface area contributed by atoms with E-state index in [0.717, 1.165) is 74.8 Å². The summed E-state index contributed by atoms with van der Waals surface area (Å²) in [6.07, 6.45) is 14.9. The standard InChI is InChI=1S/C26H38N2O2S/c1-17-8-10-20(11-9-17)26(30)28(22-14-12-21(27)13-15-22)23-16-24(31-25(23)18(2)29)19-6-4-3-5-7-19/h6,16-17,20-22H,3-5,7-15,27H2,1-2H3. The smallest absolute Gasteiger partial charge is 0.230 e. The summed E-state index contributed by atoms with van der Waals surface area (Å²) >= 11 is 1.60. The molecule has 2 fully saturated rings. The number of hydrogen-bond acceptors (Lipinski definition) is 4. The fourth-order valence-electron chi connectivity index (χ4n) is 5.59. The summed E-state index contributed by atoms with van der Waals surface area (Å²) in [6.45, 7) is 3.94. The molecule has 170 valence electrons.